The molecular weight excluding hydrogens is 360 g/mol. The van der Waals surface area contributed by atoms with Crippen LogP contribution in [0.25, 0.3) is 0 Å². The number of Topliss-reactive ketones (excluding diaryl/α,β-unsaturated/α-hetero) is 1. The highest BCUT2D eigenvalue weighted by molar-refractivity contribution is 6.04. The molecule has 144 valence electrons. The van der Waals surface area contributed by atoms with Crippen molar-refractivity contribution in [3.63, 3.8) is 0 Å². The quantitative estimate of drug-likeness (QED) is 0.537. The average molecular weight is 378 g/mol. The van der Waals surface area contributed by atoms with E-state index < -0.39 is 42.8 Å². The van der Waals surface area contributed by atoms with Crippen LogP contribution in [0.5, 0.6) is 5.75 Å². The Morgan fingerprint density at radius 1 is 1.26 bits per heavy atom. The SMILES string of the molecule is CCC(=O)c1ccc2c(c1)N(CC(=O)NC(CC(=O)O)C(=O)O)C(=O)CO2. The van der Waals surface area contributed by atoms with Gasteiger partial charge in [0.2, 0.25) is 5.91 Å². The smallest absolute Gasteiger partial charge is 0.326 e. The topological polar surface area (TPSA) is 150 Å². The van der Waals surface area contributed by atoms with Crippen molar-refractivity contribution in [1.29, 1.82) is 0 Å². The van der Waals surface area contributed by atoms with E-state index >= 15 is 0 Å². The van der Waals surface area contributed by atoms with Crippen molar-refractivity contribution in [2.24, 2.45) is 0 Å². The number of hydrogen-bond donors (Lipinski definition) is 3. The summed E-state index contributed by atoms with van der Waals surface area (Å²) in [5.41, 5.74) is 0.556. The monoisotopic (exact) mass is 378 g/mol. The molecule has 3 N–H and O–H groups in total. The molecule has 1 aromatic carbocycles. The summed E-state index contributed by atoms with van der Waals surface area (Å²) in [6.07, 6.45) is -0.548. The number of nitrogens with one attached hydrogen (secondary N) is 1. The second-order valence-corrected chi connectivity index (χ2v) is 5.78. The van der Waals surface area contributed by atoms with Crippen LogP contribution in [0.2, 0.25) is 0 Å². The van der Waals surface area contributed by atoms with Crippen molar-refractivity contribution in [2.45, 2.75) is 25.8 Å². The lowest BCUT2D eigenvalue weighted by Crippen LogP contribution is -2.49. The van der Waals surface area contributed by atoms with Crippen LogP contribution in [0.4, 0.5) is 5.69 Å². The van der Waals surface area contributed by atoms with Gasteiger partial charge in [-0.15, -0.1) is 0 Å². The number of nitrogens with zero attached hydrogens (tertiary/aromatic N) is 1. The summed E-state index contributed by atoms with van der Waals surface area (Å²) in [6, 6.07) is 2.86. The van der Waals surface area contributed by atoms with E-state index in [4.69, 9.17) is 14.9 Å². The number of carboxylic acids is 2. The number of carbonyl (C=O) groups is 5. The molecule has 2 amide bonds. The van der Waals surface area contributed by atoms with Gasteiger partial charge in [-0.05, 0) is 18.2 Å². The van der Waals surface area contributed by atoms with Gasteiger partial charge in [0.1, 0.15) is 18.3 Å². The van der Waals surface area contributed by atoms with Crippen LogP contribution in [0, 0.1) is 0 Å². The van der Waals surface area contributed by atoms with E-state index in [1.165, 1.54) is 12.1 Å². The number of ether oxygens (including phenoxy) is 1. The van der Waals surface area contributed by atoms with Crippen molar-refractivity contribution in [1.82, 2.24) is 5.32 Å². The molecule has 0 saturated carbocycles. The first kappa shape index (κ1) is 19.9. The number of ketones is 1. The Bertz CT molecular complexity index is 804. The first-order chi connectivity index (χ1) is 12.7. The molecule has 1 atom stereocenters. The van der Waals surface area contributed by atoms with Crippen LogP contribution >= 0.6 is 0 Å². The molecule has 1 aliphatic rings. The zero-order valence-electron chi connectivity index (χ0n) is 14.4. The fraction of sp³-hybridized carbons (Fsp3) is 0.353. The molecule has 0 fully saturated rings. The fourth-order valence-corrected chi connectivity index (χ4v) is 2.51. The molecule has 1 aliphatic heterocycles. The minimum atomic E-state index is -1.63. The van der Waals surface area contributed by atoms with Gasteiger partial charge < -0.3 is 20.3 Å². The summed E-state index contributed by atoms with van der Waals surface area (Å²) in [7, 11) is 0. The Balaban J connectivity index is 2.22. The number of rotatable bonds is 8. The molecular formula is C17H18N2O8. The average Bonchev–Trinajstić information content (AvgIpc) is 2.62. The number of aliphatic carboxylic acids is 2. The van der Waals surface area contributed by atoms with Crippen molar-refractivity contribution < 1.29 is 38.9 Å². The summed E-state index contributed by atoms with van der Waals surface area (Å²) < 4.78 is 5.28. The molecule has 0 radical (unpaired) electrons. The van der Waals surface area contributed by atoms with Crippen LogP contribution in [-0.4, -0.2) is 58.9 Å². The van der Waals surface area contributed by atoms with Gasteiger partial charge in [0.05, 0.1) is 12.1 Å². The molecule has 0 spiro atoms. The first-order valence-electron chi connectivity index (χ1n) is 8.07. The second kappa shape index (κ2) is 8.30. The van der Waals surface area contributed by atoms with Gasteiger partial charge in [0.15, 0.2) is 12.4 Å². The maximum atomic E-state index is 12.2. The molecule has 10 nitrogen and oxygen atoms in total. The minimum Gasteiger partial charge on any atom is -0.482 e. The van der Waals surface area contributed by atoms with Crippen LogP contribution < -0.4 is 15.0 Å². The van der Waals surface area contributed by atoms with E-state index in [0.717, 1.165) is 4.90 Å². The molecule has 2 rings (SSSR count). The van der Waals surface area contributed by atoms with Crippen molar-refractivity contribution >= 4 is 35.2 Å². The van der Waals surface area contributed by atoms with Gasteiger partial charge >= 0.3 is 11.9 Å². The Morgan fingerprint density at radius 2 is 1.96 bits per heavy atom. The number of anilines is 1. The predicted octanol–water partition coefficient (Wildman–Crippen LogP) is 0.0488. The third-order valence-electron chi connectivity index (χ3n) is 3.86. The summed E-state index contributed by atoms with van der Waals surface area (Å²) >= 11 is 0. The van der Waals surface area contributed by atoms with Crippen molar-refractivity contribution in [3.05, 3.63) is 23.8 Å². The third kappa shape index (κ3) is 4.81. The van der Waals surface area contributed by atoms with Crippen LogP contribution in [0.3, 0.4) is 0 Å². The number of benzene rings is 1. The van der Waals surface area contributed by atoms with Gasteiger partial charge in [0.25, 0.3) is 5.91 Å². The first-order valence-corrected chi connectivity index (χ1v) is 8.07. The fourth-order valence-electron chi connectivity index (χ4n) is 2.51. The third-order valence-corrected chi connectivity index (χ3v) is 3.86. The van der Waals surface area contributed by atoms with E-state index in [1.54, 1.807) is 13.0 Å². The summed E-state index contributed by atoms with van der Waals surface area (Å²) in [5.74, 6) is -4.16. The highest BCUT2D eigenvalue weighted by atomic mass is 16.5. The molecule has 0 aromatic heterocycles. The zero-order valence-corrected chi connectivity index (χ0v) is 14.4. The van der Waals surface area contributed by atoms with E-state index in [2.05, 4.69) is 5.32 Å². The van der Waals surface area contributed by atoms with Gasteiger partial charge in [0, 0.05) is 12.0 Å². The minimum absolute atomic E-state index is 0.160. The highest BCUT2D eigenvalue weighted by Crippen LogP contribution is 2.33. The van der Waals surface area contributed by atoms with Crippen LogP contribution in [-0.2, 0) is 19.2 Å². The Labute approximate surface area is 153 Å². The van der Waals surface area contributed by atoms with Gasteiger partial charge in [-0.25, -0.2) is 4.79 Å². The van der Waals surface area contributed by atoms with E-state index in [0.29, 0.717) is 11.3 Å². The van der Waals surface area contributed by atoms with E-state index in [9.17, 15) is 24.0 Å². The maximum absolute atomic E-state index is 12.2. The van der Waals surface area contributed by atoms with Gasteiger partial charge in [-0.3, -0.25) is 24.1 Å². The number of hydrogen-bond acceptors (Lipinski definition) is 6. The molecule has 10 heteroatoms. The normalized spacial score (nSPS) is 14.0. The summed E-state index contributed by atoms with van der Waals surface area (Å²) in [4.78, 5) is 59.1. The van der Waals surface area contributed by atoms with Gasteiger partial charge in [-0.2, -0.15) is 0 Å². The lowest BCUT2D eigenvalue weighted by molar-refractivity contribution is -0.147. The Morgan fingerprint density at radius 3 is 2.56 bits per heavy atom. The maximum Gasteiger partial charge on any atom is 0.326 e. The Hall–Kier alpha value is -3.43. The summed E-state index contributed by atoms with van der Waals surface area (Å²) in [6.45, 7) is 0.824. The standard InChI is InChI=1S/C17H18N2O8/c1-2-12(20)9-3-4-13-11(5-9)19(15(22)8-27-13)7-14(21)18-10(17(25)26)6-16(23)24/h3-5,10H,2,6-8H2,1H3,(H,18,21)(H,23,24)(H,25,26). The molecule has 0 aliphatic carbocycles. The number of fused-ring (bicyclic) bond motifs is 1. The molecule has 1 aromatic rings. The molecule has 0 bridgehead atoms. The molecule has 27 heavy (non-hydrogen) atoms. The van der Waals surface area contributed by atoms with Crippen LogP contribution in [0.15, 0.2) is 18.2 Å². The van der Waals surface area contributed by atoms with Crippen LogP contribution in [0.1, 0.15) is 30.1 Å². The zero-order chi connectivity index (χ0) is 20.1. The van der Waals surface area contributed by atoms with Gasteiger partial charge in [-0.1, -0.05) is 6.92 Å². The highest BCUT2D eigenvalue weighted by Gasteiger charge is 2.30. The number of carbonyl (C=O) groups excluding carboxylic acids is 3. The molecule has 1 heterocycles. The van der Waals surface area contributed by atoms with Crippen molar-refractivity contribution in [3.8, 4) is 5.75 Å². The molecule has 0 saturated heterocycles. The van der Waals surface area contributed by atoms with E-state index in [-0.39, 0.29) is 24.5 Å². The lowest BCUT2D eigenvalue weighted by atomic mass is 10.1. The predicted molar refractivity (Wildman–Crippen MR) is 90.7 cm³/mol. The molecule has 1 unspecified atom stereocenters. The Kier molecular flexibility index (Phi) is 6.11. The second-order valence-electron chi connectivity index (χ2n) is 5.78. The van der Waals surface area contributed by atoms with Crippen molar-refractivity contribution in [2.75, 3.05) is 18.1 Å². The largest absolute Gasteiger partial charge is 0.482 e. The number of carboxylic acid groups (broad SMARTS) is 2. The summed E-state index contributed by atoms with van der Waals surface area (Å²) in [5, 5.41) is 19.8. The number of amides is 2. The lowest BCUT2D eigenvalue weighted by Gasteiger charge is -2.29. The van der Waals surface area contributed by atoms with E-state index in [1.807, 2.05) is 0 Å².